The van der Waals surface area contributed by atoms with Gasteiger partial charge in [-0.1, -0.05) is 23.2 Å². The van der Waals surface area contributed by atoms with Crippen LogP contribution in [0.4, 0.5) is 10.5 Å². The fourth-order valence-electron chi connectivity index (χ4n) is 4.74. The Bertz CT molecular complexity index is 1750. The zero-order valence-electron chi connectivity index (χ0n) is 20.3. The molecular formula is C25H19Cl2N9O3. The molecule has 12 nitrogen and oxygen atoms in total. The predicted octanol–water partition coefficient (Wildman–Crippen LogP) is 4.09. The molecule has 39 heavy (non-hydrogen) atoms. The van der Waals surface area contributed by atoms with E-state index in [2.05, 4.69) is 30.6 Å². The van der Waals surface area contributed by atoms with Crippen molar-refractivity contribution in [2.24, 2.45) is 0 Å². The maximum Gasteiger partial charge on any atom is 0.411 e. The fourth-order valence-corrected chi connectivity index (χ4v) is 5.17. The van der Waals surface area contributed by atoms with E-state index >= 15 is 0 Å². The molecule has 1 atom stereocenters. The van der Waals surface area contributed by atoms with Gasteiger partial charge in [0.1, 0.15) is 18.5 Å². The Kier molecular flexibility index (Phi) is 6.33. The summed E-state index contributed by atoms with van der Waals surface area (Å²) in [5.41, 5.74) is 3.49. The first-order chi connectivity index (χ1) is 18.9. The second kappa shape index (κ2) is 9.97. The molecule has 0 spiro atoms. The van der Waals surface area contributed by atoms with Crippen LogP contribution in [0.5, 0.6) is 0 Å². The van der Waals surface area contributed by atoms with Crippen LogP contribution in [0.2, 0.25) is 10.2 Å². The Morgan fingerprint density at radius 2 is 1.92 bits per heavy atom. The number of methoxy groups -OCH3 is 1. The Hall–Kier alpha value is -4.55. The van der Waals surface area contributed by atoms with Crippen LogP contribution in [0, 0.1) is 0 Å². The van der Waals surface area contributed by atoms with Crippen molar-refractivity contribution in [3.8, 4) is 22.6 Å². The van der Waals surface area contributed by atoms with Crippen LogP contribution in [-0.2, 0) is 11.2 Å². The first kappa shape index (κ1) is 24.8. The van der Waals surface area contributed by atoms with E-state index in [1.807, 2.05) is 16.7 Å². The Morgan fingerprint density at radius 3 is 2.67 bits per heavy atom. The van der Waals surface area contributed by atoms with Crippen LogP contribution in [-0.4, -0.2) is 52.5 Å². The summed E-state index contributed by atoms with van der Waals surface area (Å²) < 4.78 is 9.61. The van der Waals surface area contributed by atoms with Gasteiger partial charge in [0, 0.05) is 34.4 Å². The first-order valence-corrected chi connectivity index (χ1v) is 12.5. The molecule has 2 aromatic carbocycles. The fraction of sp³-hybridized carbons (Fsp3) is 0.160. The molecule has 1 amide bonds. The molecule has 0 fully saturated rings. The number of imidazole rings is 1. The van der Waals surface area contributed by atoms with Gasteiger partial charge in [-0.05, 0) is 59.3 Å². The maximum atomic E-state index is 13.5. The normalized spacial score (nSPS) is 14.3. The molecule has 0 unspecified atom stereocenters. The van der Waals surface area contributed by atoms with Crippen LogP contribution in [0.3, 0.4) is 0 Å². The second-order valence-corrected chi connectivity index (χ2v) is 9.48. The van der Waals surface area contributed by atoms with Gasteiger partial charge >= 0.3 is 6.09 Å². The minimum atomic E-state index is -0.564. The molecule has 3 aromatic heterocycles. The number of tetrazole rings is 1. The van der Waals surface area contributed by atoms with E-state index < -0.39 is 6.09 Å². The maximum absolute atomic E-state index is 13.5. The number of hydrogen-bond donors (Lipinski definition) is 1. The third-order valence-corrected chi connectivity index (χ3v) is 6.99. The van der Waals surface area contributed by atoms with Gasteiger partial charge in [-0.15, -0.1) is 5.10 Å². The number of carbonyl (C=O) groups excluding carboxylic acids is 1. The van der Waals surface area contributed by atoms with Crippen molar-refractivity contribution in [3.05, 3.63) is 93.2 Å². The highest BCUT2D eigenvalue weighted by molar-refractivity contribution is 6.31. The molecule has 1 aliphatic heterocycles. The smallest absolute Gasteiger partial charge is 0.411 e. The lowest BCUT2D eigenvalue weighted by Crippen LogP contribution is -2.26. The van der Waals surface area contributed by atoms with Crippen LogP contribution in [0.1, 0.15) is 24.0 Å². The Labute approximate surface area is 230 Å². The van der Waals surface area contributed by atoms with Gasteiger partial charge in [-0.25, -0.2) is 14.8 Å². The summed E-state index contributed by atoms with van der Waals surface area (Å²) in [5, 5.41) is 14.8. The van der Waals surface area contributed by atoms with Gasteiger partial charge in [0.05, 0.1) is 30.2 Å². The largest absolute Gasteiger partial charge is 0.453 e. The highest BCUT2D eigenvalue weighted by Crippen LogP contribution is 2.36. The molecule has 0 saturated heterocycles. The molecule has 14 heteroatoms. The Morgan fingerprint density at radius 1 is 1.10 bits per heavy atom. The number of ether oxygens (including phenoxy) is 1. The lowest BCUT2D eigenvalue weighted by atomic mass is 10.1. The average Bonchev–Trinajstić information content (AvgIpc) is 3.69. The zero-order valence-corrected chi connectivity index (χ0v) is 21.8. The SMILES string of the molecule is COC(=O)Nc1ccc(-n2cnc(Cl)c2[C@@H]2CCc3nc(-c4cc(Cl)ccc4-n4cnnn4)cc(=O)n32)cc1. The quantitative estimate of drug-likeness (QED) is 0.337. The summed E-state index contributed by atoms with van der Waals surface area (Å²) in [7, 11) is 1.30. The summed E-state index contributed by atoms with van der Waals surface area (Å²) >= 11 is 12.8. The van der Waals surface area contributed by atoms with E-state index in [4.69, 9.17) is 28.2 Å². The number of anilines is 1. The molecule has 0 bridgehead atoms. The minimum absolute atomic E-state index is 0.235. The molecule has 0 radical (unpaired) electrons. The summed E-state index contributed by atoms with van der Waals surface area (Å²) in [6.45, 7) is 0. The van der Waals surface area contributed by atoms with E-state index in [9.17, 15) is 9.59 Å². The lowest BCUT2D eigenvalue weighted by Gasteiger charge is -2.18. The molecule has 5 aromatic rings. The van der Waals surface area contributed by atoms with E-state index in [0.717, 1.165) is 5.69 Å². The number of hydrogen-bond acceptors (Lipinski definition) is 8. The Balaban J connectivity index is 1.38. The van der Waals surface area contributed by atoms with Crippen molar-refractivity contribution in [3.63, 3.8) is 0 Å². The van der Waals surface area contributed by atoms with Crippen molar-refractivity contribution < 1.29 is 9.53 Å². The van der Waals surface area contributed by atoms with Crippen molar-refractivity contribution >= 4 is 35.0 Å². The summed E-state index contributed by atoms with van der Waals surface area (Å²) in [5.74, 6) is 0.617. The van der Waals surface area contributed by atoms with Gasteiger partial charge in [0.15, 0.2) is 5.15 Å². The van der Waals surface area contributed by atoms with Crippen molar-refractivity contribution in [2.75, 3.05) is 12.4 Å². The average molecular weight is 564 g/mol. The third kappa shape index (κ3) is 4.53. The number of carbonyl (C=O) groups is 1. The number of nitrogens with one attached hydrogen (secondary N) is 1. The first-order valence-electron chi connectivity index (χ1n) is 11.8. The zero-order chi connectivity index (χ0) is 27.1. The van der Waals surface area contributed by atoms with Crippen LogP contribution < -0.4 is 10.9 Å². The van der Waals surface area contributed by atoms with Crippen molar-refractivity contribution in [1.82, 2.24) is 39.3 Å². The topological polar surface area (TPSA) is 135 Å². The number of fused-ring (bicyclic) bond motifs is 1. The third-order valence-electron chi connectivity index (χ3n) is 6.46. The van der Waals surface area contributed by atoms with Gasteiger partial charge in [0.25, 0.3) is 5.56 Å². The van der Waals surface area contributed by atoms with Crippen LogP contribution in [0.15, 0.2) is 66.0 Å². The van der Waals surface area contributed by atoms with E-state index in [0.29, 0.717) is 52.0 Å². The van der Waals surface area contributed by atoms with E-state index in [1.165, 1.54) is 24.2 Å². The molecule has 1 aliphatic rings. The van der Waals surface area contributed by atoms with Crippen LogP contribution >= 0.6 is 23.2 Å². The number of amides is 1. The van der Waals surface area contributed by atoms with Crippen molar-refractivity contribution in [2.45, 2.75) is 18.9 Å². The lowest BCUT2D eigenvalue weighted by molar-refractivity contribution is 0.187. The molecule has 1 N–H and O–H groups in total. The summed E-state index contributed by atoms with van der Waals surface area (Å²) in [4.78, 5) is 34.2. The standard InChI is InChI=1S/C25H19Cl2N9O3/c1-39-25(38)30-15-3-5-16(6-4-15)34-12-28-24(27)23(34)20-8-9-21-31-18(11-22(37)36(20)21)17-10-14(26)2-7-19(17)35-13-29-32-33-35/h2-7,10-13,20H,8-9H2,1H3,(H,30,38)/t20-/m0/s1. The summed E-state index contributed by atoms with van der Waals surface area (Å²) in [6, 6.07) is 13.4. The number of aromatic nitrogens is 8. The van der Waals surface area contributed by atoms with Gasteiger partial charge < -0.3 is 4.74 Å². The van der Waals surface area contributed by atoms with Crippen LogP contribution in [0.25, 0.3) is 22.6 Å². The van der Waals surface area contributed by atoms with E-state index in [1.54, 1.807) is 41.2 Å². The molecule has 196 valence electrons. The highest BCUT2D eigenvalue weighted by Gasteiger charge is 2.31. The predicted molar refractivity (Wildman–Crippen MR) is 143 cm³/mol. The highest BCUT2D eigenvalue weighted by atomic mass is 35.5. The molecule has 0 aliphatic carbocycles. The number of aryl methyl sites for hydroxylation is 1. The molecule has 6 rings (SSSR count). The van der Waals surface area contributed by atoms with Gasteiger partial charge in [0.2, 0.25) is 0 Å². The molecule has 0 saturated carbocycles. The number of halogens is 2. The van der Waals surface area contributed by atoms with Gasteiger partial charge in [-0.2, -0.15) is 4.68 Å². The second-order valence-electron chi connectivity index (χ2n) is 8.69. The minimum Gasteiger partial charge on any atom is -0.453 e. The monoisotopic (exact) mass is 563 g/mol. The summed E-state index contributed by atoms with van der Waals surface area (Å²) in [6.07, 6.45) is 3.66. The molecular weight excluding hydrogens is 545 g/mol. The number of rotatable bonds is 5. The van der Waals surface area contributed by atoms with Gasteiger partial charge in [-0.3, -0.25) is 19.2 Å². The van der Waals surface area contributed by atoms with Crippen molar-refractivity contribution in [1.29, 1.82) is 0 Å². The van der Waals surface area contributed by atoms with E-state index in [-0.39, 0.29) is 16.8 Å². The number of benzene rings is 2. The molecule has 4 heterocycles. The number of nitrogens with zero attached hydrogens (tertiary/aromatic N) is 8.